The summed E-state index contributed by atoms with van der Waals surface area (Å²) in [4.78, 5) is 14.0. The average molecular weight is 313 g/mol. The van der Waals surface area contributed by atoms with E-state index in [1.54, 1.807) is 25.2 Å². The number of amides is 1. The molecule has 1 aliphatic rings. The predicted octanol–water partition coefficient (Wildman–Crippen LogP) is 0.963. The molecule has 1 heterocycles. The monoisotopic (exact) mass is 313 g/mol. The molecule has 0 radical (unpaired) electrons. The molecule has 1 aromatic rings. The van der Waals surface area contributed by atoms with Crippen molar-refractivity contribution in [3.8, 4) is 11.5 Å². The molecule has 1 aliphatic heterocycles. The van der Waals surface area contributed by atoms with Crippen LogP contribution in [0.4, 0.5) is 0 Å². The van der Waals surface area contributed by atoms with Crippen molar-refractivity contribution in [3.63, 3.8) is 0 Å². The predicted molar refractivity (Wildman–Crippen MR) is 78.7 cm³/mol. The Morgan fingerprint density at radius 1 is 1.29 bits per heavy atom. The second kappa shape index (κ2) is 5.93. The van der Waals surface area contributed by atoms with E-state index in [0.29, 0.717) is 23.5 Å². The zero-order valence-corrected chi connectivity index (χ0v) is 13.1. The van der Waals surface area contributed by atoms with E-state index in [4.69, 9.17) is 9.47 Å². The Hall–Kier alpha value is -1.76. The fourth-order valence-corrected chi connectivity index (χ4v) is 4.19. The van der Waals surface area contributed by atoms with Crippen LogP contribution in [0.3, 0.4) is 0 Å². The highest BCUT2D eigenvalue weighted by atomic mass is 32.2. The lowest BCUT2D eigenvalue weighted by Crippen LogP contribution is -2.38. The highest BCUT2D eigenvalue weighted by molar-refractivity contribution is 7.91. The van der Waals surface area contributed by atoms with Crippen LogP contribution in [0.5, 0.6) is 11.5 Å². The van der Waals surface area contributed by atoms with Gasteiger partial charge >= 0.3 is 0 Å². The molecular formula is C14H19NO5S. The molecule has 0 spiro atoms. The van der Waals surface area contributed by atoms with E-state index in [1.165, 1.54) is 19.1 Å². The molecule has 1 saturated heterocycles. The van der Waals surface area contributed by atoms with Crippen LogP contribution in [0.1, 0.15) is 16.8 Å². The number of benzene rings is 1. The van der Waals surface area contributed by atoms with Crippen LogP contribution in [-0.4, -0.2) is 58.0 Å². The molecule has 21 heavy (non-hydrogen) atoms. The lowest BCUT2D eigenvalue weighted by molar-refractivity contribution is 0.0744. The van der Waals surface area contributed by atoms with Gasteiger partial charge < -0.3 is 14.4 Å². The minimum absolute atomic E-state index is 0.0215. The molecule has 7 heteroatoms. The Balaban J connectivity index is 2.23. The van der Waals surface area contributed by atoms with Crippen molar-refractivity contribution in [1.29, 1.82) is 0 Å². The van der Waals surface area contributed by atoms with E-state index in [0.717, 1.165) is 0 Å². The van der Waals surface area contributed by atoms with Crippen molar-refractivity contribution in [2.45, 2.75) is 12.5 Å². The first-order chi connectivity index (χ1) is 9.88. The quantitative estimate of drug-likeness (QED) is 0.828. The van der Waals surface area contributed by atoms with E-state index in [2.05, 4.69) is 0 Å². The Kier molecular flexibility index (Phi) is 4.41. The van der Waals surface area contributed by atoms with E-state index in [-0.39, 0.29) is 23.5 Å². The summed E-state index contributed by atoms with van der Waals surface area (Å²) in [6, 6.07) is 4.65. The molecule has 0 bridgehead atoms. The van der Waals surface area contributed by atoms with Crippen LogP contribution in [0, 0.1) is 0 Å². The fraction of sp³-hybridized carbons (Fsp3) is 0.500. The lowest BCUT2D eigenvalue weighted by Gasteiger charge is -2.24. The lowest BCUT2D eigenvalue weighted by atomic mass is 10.1. The molecule has 0 N–H and O–H groups in total. The van der Waals surface area contributed by atoms with Gasteiger partial charge in [-0.1, -0.05) is 0 Å². The Bertz CT molecular complexity index is 641. The van der Waals surface area contributed by atoms with Crippen molar-refractivity contribution in [3.05, 3.63) is 23.8 Å². The minimum atomic E-state index is -3.03. The maximum atomic E-state index is 12.5. The molecule has 6 nitrogen and oxygen atoms in total. The van der Waals surface area contributed by atoms with E-state index < -0.39 is 9.84 Å². The molecule has 0 aromatic heterocycles. The summed E-state index contributed by atoms with van der Waals surface area (Å²) in [5.41, 5.74) is 0.394. The standard InChI is InChI=1S/C14H19NO5S/c1-15(10-6-7-21(17,18)9-10)14(16)12-5-4-11(19-2)8-13(12)20-3/h4-5,8,10H,6-7,9H2,1-3H3/t10-/m1/s1. The smallest absolute Gasteiger partial charge is 0.257 e. The minimum Gasteiger partial charge on any atom is -0.497 e. The molecule has 0 saturated carbocycles. The first-order valence-electron chi connectivity index (χ1n) is 6.57. The summed E-state index contributed by atoms with van der Waals surface area (Å²) in [6.07, 6.45) is 0.475. The number of sulfone groups is 1. The molecular weight excluding hydrogens is 294 g/mol. The van der Waals surface area contributed by atoms with Crippen LogP contribution in [-0.2, 0) is 9.84 Å². The second-order valence-electron chi connectivity index (χ2n) is 5.04. The van der Waals surface area contributed by atoms with Gasteiger partial charge in [0.15, 0.2) is 9.84 Å². The van der Waals surface area contributed by atoms with Crippen LogP contribution in [0.2, 0.25) is 0 Å². The summed E-state index contributed by atoms with van der Waals surface area (Å²) in [6.45, 7) is 0. The summed E-state index contributed by atoms with van der Waals surface area (Å²) >= 11 is 0. The Morgan fingerprint density at radius 3 is 2.52 bits per heavy atom. The van der Waals surface area contributed by atoms with Gasteiger partial charge in [-0.3, -0.25) is 4.79 Å². The van der Waals surface area contributed by atoms with Gasteiger partial charge in [-0.25, -0.2) is 8.42 Å². The zero-order valence-electron chi connectivity index (χ0n) is 12.3. The number of hydrogen-bond donors (Lipinski definition) is 0. The highest BCUT2D eigenvalue weighted by Crippen LogP contribution is 2.27. The number of rotatable bonds is 4. The summed E-state index contributed by atoms with van der Waals surface area (Å²) in [5.74, 6) is 0.904. The van der Waals surface area contributed by atoms with Crippen LogP contribution < -0.4 is 9.47 Å². The first kappa shape index (κ1) is 15.6. The maximum absolute atomic E-state index is 12.5. The van der Waals surface area contributed by atoms with Crippen molar-refractivity contribution < 1.29 is 22.7 Å². The number of carbonyl (C=O) groups excluding carboxylic acids is 1. The average Bonchev–Trinajstić information content (AvgIpc) is 2.85. The van der Waals surface area contributed by atoms with Crippen LogP contribution in [0.25, 0.3) is 0 Å². The Morgan fingerprint density at radius 2 is 2.00 bits per heavy atom. The van der Waals surface area contributed by atoms with Gasteiger partial charge in [-0.15, -0.1) is 0 Å². The number of nitrogens with zero attached hydrogens (tertiary/aromatic N) is 1. The van der Waals surface area contributed by atoms with Gasteiger partial charge in [0.1, 0.15) is 11.5 Å². The third kappa shape index (κ3) is 3.29. The molecule has 1 atom stereocenters. The highest BCUT2D eigenvalue weighted by Gasteiger charge is 2.33. The topological polar surface area (TPSA) is 72.9 Å². The third-order valence-corrected chi connectivity index (χ3v) is 5.47. The van der Waals surface area contributed by atoms with Crippen LogP contribution >= 0.6 is 0 Å². The summed E-state index contributed by atoms with van der Waals surface area (Å²) in [5, 5.41) is 0. The molecule has 1 fully saturated rings. The van der Waals surface area contributed by atoms with Crippen molar-refractivity contribution in [2.75, 3.05) is 32.8 Å². The second-order valence-corrected chi connectivity index (χ2v) is 7.27. The Labute approximate surface area is 124 Å². The van der Waals surface area contributed by atoms with Gasteiger partial charge in [0.05, 0.1) is 31.3 Å². The van der Waals surface area contributed by atoms with Gasteiger partial charge in [0.2, 0.25) is 0 Å². The molecule has 1 aromatic carbocycles. The van der Waals surface area contributed by atoms with Crippen molar-refractivity contribution in [1.82, 2.24) is 4.90 Å². The molecule has 1 amide bonds. The zero-order chi connectivity index (χ0) is 15.6. The van der Waals surface area contributed by atoms with Crippen molar-refractivity contribution in [2.24, 2.45) is 0 Å². The third-order valence-electron chi connectivity index (χ3n) is 3.72. The van der Waals surface area contributed by atoms with E-state index in [1.807, 2.05) is 0 Å². The van der Waals surface area contributed by atoms with Gasteiger partial charge in [-0.2, -0.15) is 0 Å². The number of carbonyl (C=O) groups is 1. The maximum Gasteiger partial charge on any atom is 0.257 e. The number of methoxy groups -OCH3 is 2. The van der Waals surface area contributed by atoms with Gasteiger partial charge in [0.25, 0.3) is 5.91 Å². The van der Waals surface area contributed by atoms with Crippen molar-refractivity contribution >= 4 is 15.7 Å². The fourth-order valence-electron chi connectivity index (χ4n) is 2.41. The summed E-state index contributed by atoms with van der Waals surface area (Å²) < 4.78 is 33.4. The molecule has 0 unspecified atom stereocenters. The van der Waals surface area contributed by atoms with Crippen LogP contribution in [0.15, 0.2) is 18.2 Å². The molecule has 2 rings (SSSR count). The number of ether oxygens (including phenoxy) is 2. The summed E-state index contributed by atoms with van der Waals surface area (Å²) in [7, 11) is 1.61. The molecule has 116 valence electrons. The van der Waals surface area contributed by atoms with E-state index in [9.17, 15) is 13.2 Å². The number of hydrogen-bond acceptors (Lipinski definition) is 5. The SMILES string of the molecule is COc1ccc(C(=O)N(C)[C@@H]2CCS(=O)(=O)C2)c(OC)c1. The first-order valence-corrected chi connectivity index (χ1v) is 8.39. The van der Waals surface area contributed by atoms with Gasteiger partial charge in [-0.05, 0) is 18.6 Å². The molecule has 0 aliphatic carbocycles. The largest absolute Gasteiger partial charge is 0.497 e. The van der Waals surface area contributed by atoms with Gasteiger partial charge in [0, 0.05) is 19.2 Å². The normalized spacial score (nSPS) is 20.0. The van der Waals surface area contributed by atoms with E-state index >= 15 is 0 Å².